The normalized spacial score (nSPS) is 13.3. The summed E-state index contributed by atoms with van der Waals surface area (Å²) < 4.78 is 1.03. The third-order valence-corrected chi connectivity index (χ3v) is 4.32. The van der Waals surface area contributed by atoms with Crippen molar-refractivity contribution in [1.82, 2.24) is 4.90 Å². The Morgan fingerprint density at radius 3 is 2.84 bits per heavy atom. The highest BCUT2D eigenvalue weighted by atomic mass is 79.9. The van der Waals surface area contributed by atoms with Crippen LogP contribution in [0.2, 0.25) is 0 Å². The lowest BCUT2D eigenvalue weighted by atomic mass is 10.0. The minimum atomic E-state index is -0.554. The average Bonchev–Trinajstić information content (AvgIpc) is 2.79. The Hall–Kier alpha value is -1.08. The Bertz CT molecular complexity index is 462. The fourth-order valence-electron chi connectivity index (χ4n) is 1.80. The quantitative estimate of drug-likeness (QED) is 0.359. The maximum atomic E-state index is 12.3. The van der Waals surface area contributed by atoms with Crippen LogP contribution in [0.3, 0.4) is 0 Å². The molecule has 0 aliphatic heterocycles. The van der Waals surface area contributed by atoms with E-state index in [2.05, 4.69) is 21.1 Å². The summed E-state index contributed by atoms with van der Waals surface area (Å²) in [5, 5.41) is 13.7. The zero-order chi connectivity index (χ0) is 14.4. The molecule has 1 unspecified atom stereocenters. The third-order valence-electron chi connectivity index (χ3n) is 2.77. The van der Waals surface area contributed by atoms with Gasteiger partial charge in [-0.3, -0.25) is 4.79 Å². The molecule has 0 aromatic carbocycles. The van der Waals surface area contributed by atoms with Crippen molar-refractivity contribution in [3.8, 4) is 0 Å². The summed E-state index contributed by atoms with van der Waals surface area (Å²) >= 11 is 4.97. The first-order valence-electron chi connectivity index (χ1n) is 5.94. The number of nitrogens with two attached hydrogens (primary N) is 1. The molecule has 7 heteroatoms. The summed E-state index contributed by atoms with van der Waals surface area (Å²) in [6.45, 7) is 2.47. The summed E-state index contributed by atoms with van der Waals surface area (Å²) in [6.07, 6.45) is 1.37. The minimum Gasteiger partial charge on any atom is -0.409 e. The van der Waals surface area contributed by atoms with Gasteiger partial charge in [-0.15, -0.1) is 11.3 Å². The number of halogens is 1. The van der Waals surface area contributed by atoms with E-state index in [0.717, 1.165) is 15.8 Å². The smallest absolute Gasteiger partial charge is 0.233 e. The summed E-state index contributed by atoms with van der Waals surface area (Å²) in [6, 6.07) is 1.98. The molecule has 0 radical (unpaired) electrons. The van der Waals surface area contributed by atoms with E-state index < -0.39 is 5.92 Å². The van der Waals surface area contributed by atoms with Crippen molar-refractivity contribution in [3.63, 3.8) is 0 Å². The molecule has 0 bridgehead atoms. The van der Waals surface area contributed by atoms with Gasteiger partial charge in [-0.1, -0.05) is 18.5 Å². The Labute approximate surface area is 125 Å². The molecule has 1 heterocycles. The number of carbonyl (C=O) groups excluding carboxylic acids is 1. The molecular weight excluding hydrogens is 330 g/mol. The molecule has 1 aromatic rings. The number of thiophene rings is 1. The van der Waals surface area contributed by atoms with Gasteiger partial charge in [0.05, 0.1) is 9.70 Å². The van der Waals surface area contributed by atoms with Crippen LogP contribution in [0.15, 0.2) is 20.4 Å². The molecule has 0 saturated carbocycles. The van der Waals surface area contributed by atoms with Crippen molar-refractivity contribution < 1.29 is 10.0 Å². The molecule has 0 aliphatic carbocycles. The third kappa shape index (κ3) is 4.50. The Morgan fingerprint density at radius 1 is 1.68 bits per heavy atom. The van der Waals surface area contributed by atoms with Gasteiger partial charge in [-0.05, 0) is 39.4 Å². The van der Waals surface area contributed by atoms with Crippen LogP contribution in [0.25, 0.3) is 0 Å². The highest BCUT2D eigenvalue weighted by Crippen LogP contribution is 2.22. The van der Waals surface area contributed by atoms with Crippen LogP contribution in [0.1, 0.15) is 25.3 Å². The van der Waals surface area contributed by atoms with Gasteiger partial charge in [0.1, 0.15) is 0 Å². The SMILES string of the molecule is CCCC(C(=O)N(C)Cc1csc(Br)c1)C(N)=NO. The molecule has 5 nitrogen and oxygen atoms in total. The van der Waals surface area contributed by atoms with Gasteiger partial charge < -0.3 is 15.8 Å². The lowest BCUT2D eigenvalue weighted by Gasteiger charge is -2.22. The Morgan fingerprint density at radius 2 is 2.37 bits per heavy atom. The molecule has 0 fully saturated rings. The molecule has 1 rings (SSSR count). The molecule has 3 N–H and O–H groups in total. The standard InChI is InChI=1S/C12H18BrN3O2S/c1-3-4-9(11(14)15-18)12(17)16(2)6-8-5-10(13)19-7-8/h5,7,9,18H,3-4,6H2,1-2H3,(H2,14,15). The van der Waals surface area contributed by atoms with Crippen LogP contribution in [0, 0.1) is 5.92 Å². The van der Waals surface area contributed by atoms with Crippen molar-refractivity contribution in [1.29, 1.82) is 0 Å². The number of oxime groups is 1. The van der Waals surface area contributed by atoms with E-state index in [1.807, 2.05) is 18.4 Å². The van der Waals surface area contributed by atoms with Crippen molar-refractivity contribution in [2.75, 3.05) is 7.05 Å². The first-order chi connectivity index (χ1) is 8.99. The van der Waals surface area contributed by atoms with Crippen molar-refractivity contribution in [2.24, 2.45) is 16.8 Å². The number of nitrogens with zero attached hydrogens (tertiary/aromatic N) is 2. The van der Waals surface area contributed by atoms with Crippen LogP contribution in [0.5, 0.6) is 0 Å². The average molecular weight is 348 g/mol. The molecule has 0 spiro atoms. The molecule has 1 aromatic heterocycles. The number of hydrogen-bond acceptors (Lipinski definition) is 4. The van der Waals surface area contributed by atoms with E-state index >= 15 is 0 Å². The van der Waals surface area contributed by atoms with Crippen LogP contribution in [0.4, 0.5) is 0 Å². The summed E-state index contributed by atoms with van der Waals surface area (Å²) in [7, 11) is 1.72. The van der Waals surface area contributed by atoms with Crippen LogP contribution >= 0.6 is 27.3 Å². The summed E-state index contributed by atoms with van der Waals surface area (Å²) in [4.78, 5) is 13.9. The number of carbonyl (C=O) groups is 1. The first kappa shape index (κ1) is 16.0. The predicted octanol–water partition coefficient (Wildman–Crippen LogP) is 2.63. The summed E-state index contributed by atoms with van der Waals surface area (Å²) in [5.74, 6) is -0.702. The lowest BCUT2D eigenvalue weighted by Crippen LogP contribution is -2.39. The van der Waals surface area contributed by atoms with E-state index in [-0.39, 0.29) is 11.7 Å². The van der Waals surface area contributed by atoms with Gasteiger partial charge >= 0.3 is 0 Å². The molecule has 1 amide bonds. The molecular formula is C12H18BrN3O2S. The van der Waals surface area contributed by atoms with E-state index in [1.54, 1.807) is 23.3 Å². The second-order valence-electron chi connectivity index (χ2n) is 4.32. The molecule has 1 atom stereocenters. The minimum absolute atomic E-state index is 0.0230. The molecule has 19 heavy (non-hydrogen) atoms. The van der Waals surface area contributed by atoms with Crippen LogP contribution in [-0.4, -0.2) is 28.9 Å². The van der Waals surface area contributed by atoms with E-state index in [1.165, 1.54) is 0 Å². The Balaban J connectivity index is 2.73. The fraction of sp³-hybridized carbons (Fsp3) is 0.500. The van der Waals surface area contributed by atoms with E-state index in [0.29, 0.717) is 13.0 Å². The zero-order valence-corrected chi connectivity index (χ0v) is 13.4. The largest absolute Gasteiger partial charge is 0.409 e. The van der Waals surface area contributed by atoms with E-state index in [4.69, 9.17) is 10.9 Å². The molecule has 106 valence electrons. The van der Waals surface area contributed by atoms with Gasteiger partial charge in [0, 0.05) is 13.6 Å². The lowest BCUT2D eigenvalue weighted by molar-refractivity contribution is -0.132. The highest BCUT2D eigenvalue weighted by molar-refractivity contribution is 9.11. The predicted molar refractivity (Wildman–Crippen MR) is 80.3 cm³/mol. The summed E-state index contributed by atoms with van der Waals surface area (Å²) in [5.41, 5.74) is 6.64. The van der Waals surface area contributed by atoms with Gasteiger partial charge in [0.15, 0.2) is 5.84 Å². The van der Waals surface area contributed by atoms with Gasteiger partial charge in [0.2, 0.25) is 5.91 Å². The molecule has 0 saturated heterocycles. The van der Waals surface area contributed by atoms with Crippen molar-refractivity contribution in [3.05, 3.63) is 20.8 Å². The van der Waals surface area contributed by atoms with E-state index in [9.17, 15) is 4.79 Å². The highest BCUT2D eigenvalue weighted by Gasteiger charge is 2.25. The van der Waals surface area contributed by atoms with Gasteiger partial charge in [-0.2, -0.15) is 0 Å². The van der Waals surface area contributed by atoms with Gasteiger partial charge in [-0.25, -0.2) is 0 Å². The van der Waals surface area contributed by atoms with Crippen LogP contribution in [-0.2, 0) is 11.3 Å². The maximum Gasteiger partial charge on any atom is 0.233 e. The van der Waals surface area contributed by atoms with Crippen molar-refractivity contribution in [2.45, 2.75) is 26.3 Å². The number of amides is 1. The number of rotatable bonds is 6. The molecule has 0 aliphatic rings. The fourth-order valence-corrected chi connectivity index (χ4v) is 3.00. The zero-order valence-electron chi connectivity index (χ0n) is 11.0. The van der Waals surface area contributed by atoms with Crippen LogP contribution < -0.4 is 5.73 Å². The van der Waals surface area contributed by atoms with Gasteiger partial charge in [0.25, 0.3) is 0 Å². The monoisotopic (exact) mass is 347 g/mol. The first-order valence-corrected chi connectivity index (χ1v) is 7.62. The second-order valence-corrected chi connectivity index (χ2v) is 6.61. The number of hydrogen-bond donors (Lipinski definition) is 2. The maximum absolute atomic E-state index is 12.3. The number of amidine groups is 1. The Kier molecular flexibility index (Phi) is 6.30. The van der Waals surface area contributed by atoms with Crippen molar-refractivity contribution >= 4 is 39.0 Å². The second kappa shape index (κ2) is 7.49. The topological polar surface area (TPSA) is 78.9 Å².